The Morgan fingerprint density at radius 3 is 2.88 bits per heavy atom. The molecule has 1 heterocycles. The molecule has 96 valence electrons. The van der Waals surface area contributed by atoms with Gasteiger partial charge in [-0.05, 0) is 6.42 Å². The molecule has 0 radical (unpaired) electrons. The van der Waals surface area contributed by atoms with Crippen molar-refractivity contribution < 1.29 is 4.79 Å². The maximum absolute atomic E-state index is 11.8. The number of carbonyl (C=O) groups excluding carboxylic acids is 1. The summed E-state index contributed by atoms with van der Waals surface area (Å²) in [7, 11) is 0. The average molecular weight is 256 g/mol. The highest BCUT2D eigenvalue weighted by Gasteiger charge is 2.14. The fourth-order valence-electron chi connectivity index (χ4n) is 1.47. The summed E-state index contributed by atoms with van der Waals surface area (Å²) in [6, 6.07) is 0.0328. The molecule has 0 bridgehead atoms. The Morgan fingerprint density at radius 1 is 1.59 bits per heavy atom. The van der Waals surface area contributed by atoms with Crippen LogP contribution in [0.2, 0.25) is 0 Å². The Balaban J connectivity index is 2.51. The summed E-state index contributed by atoms with van der Waals surface area (Å²) in [6.07, 6.45) is 3.07. The summed E-state index contributed by atoms with van der Waals surface area (Å²) in [4.78, 5) is 16.0. The zero-order valence-corrected chi connectivity index (χ0v) is 10.9. The minimum atomic E-state index is -0.160. The van der Waals surface area contributed by atoms with Crippen LogP contribution in [-0.4, -0.2) is 23.5 Å². The van der Waals surface area contributed by atoms with E-state index in [1.807, 2.05) is 0 Å². The lowest BCUT2D eigenvalue weighted by Crippen LogP contribution is -2.40. The fourth-order valence-corrected chi connectivity index (χ4v) is 2.12. The van der Waals surface area contributed by atoms with E-state index >= 15 is 0 Å². The van der Waals surface area contributed by atoms with Crippen molar-refractivity contribution in [3.05, 3.63) is 16.1 Å². The third-order valence-corrected chi connectivity index (χ3v) is 3.36. The van der Waals surface area contributed by atoms with Gasteiger partial charge in [0.2, 0.25) is 0 Å². The van der Waals surface area contributed by atoms with Gasteiger partial charge in [0.25, 0.3) is 5.91 Å². The van der Waals surface area contributed by atoms with Crippen LogP contribution in [0.4, 0.5) is 0 Å². The monoisotopic (exact) mass is 256 g/mol. The van der Waals surface area contributed by atoms with E-state index < -0.39 is 0 Å². The molecule has 5 nitrogen and oxygen atoms in total. The molecule has 1 rings (SSSR count). The largest absolute Gasteiger partial charge is 0.347 e. The van der Waals surface area contributed by atoms with E-state index in [0.29, 0.717) is 18.8 Å². The van der Waals surface area contributed by atoms with Crippen LogP contribution in [0.15, 0.2) is 5.38 Å². The smallest absolute Gasteiger partial charge is 0.271 e. The Kier molecular flexibility index (Phi) is 6.10. The van der Waals surface area contributed by atoms with Crippen molar-refractivity contribution in [1.29, 1.82) is 0 Å². The number of unbranched alkanes of at least 4 members (excludes halogenated alkanes) is 1. The maximum Gasteiger partial charge on any atom is 0.271 e. The molecule has 0 saturated carbocycles. The van der Waals surface area contributed by atoms with Gasteiger partial charge in [0.1, 0.15) is 10.7 Å². The van der Waals surface area contributed by atoms with E-state index in [4.69, 9.17) is 11.5 Å². The average Bonchev–Trinajstić information content (AvgIpc) is 2.83. The second-order valence-corrected chi connectivity index (χ2v) is 4.82. The van der Waals surface area contributed by atoms with Gasteiger partial charge in [-0.15, -0.1) is 11.3 Å². The zero-order valence-electron chi connectivity index (χ0n) is 10.1. The molecule has 0 aromatic carbocycles. The molecule has 1 unspecified atom stereocenters. The van der Waals surface area contributed by atoms with Gasteiger partial charge in [0.15, 0.2) is 0 Å². The summed E-state index contributed by atoms with van der Waals surface area (Å²) < 4.78 is 0. The van der Waals surface area contributed by atoms with E-state index in [0.717, 1.165) is 24.3 Å². The van der Waals surface area contributed by atoms with Crippen LogP contribution in [0.1, 0.15) is 41.7 Å². The molecule has 0 fully saturated rings. The van der Waals surface area contributed by atoms with Crippen molar-refractivity contribution >= 4 is 17.2 Å². The predicted molar refractivity (Wildman–Crippen MR) is 69.8 cm³/mol. The molecule has 0 aliphatic rings. The molecule has 1 amide bonds. The molecule has 5 N–H and O–H groups in total. The quantitative estimate of drug-likeness (QED) is 0.674. The molecule has 0 aliphatic carbocycles. The SMILES string of the molecule is CCCCC(CN)NC(=O)c1csc(CN)n1. The summed E-state index contributed by atoms with van der Waals surface area (Å²) in [5.41, 5.74) is 11.5. The van der Waals surface area contributed by atoms with Crippen molar-refractivity contribution in [2.75, 3.05) is 6.54 Å². The van der Waals surface area contributed by atoms with Crippen molar-refractivity contribution in [2.24, 2.45) is 11.5 Å². The van der Waals surface area contributed by atoms with Crippen LogP contribution in [-0.2, 0) is 6.54 Å². The van der Waals surface area contributed by atoms with E-state index in [1.54, 1.807) is 5.38 Å². The molecule has 1 aromatic heterocycles. The third-order valence-electron chi connectivity index (χ3n) is 2.48. The predicted octanol–water partition coefficient (Wildman–Crippen LogP) is 0.849. The molecule has 0 aliphatic heterocycles. The lowest BCUT2D eigenvalue weighted by Gasteiger charge is -2.15. The van der Waals surface area contributed by atoms with Crippen molar-refractivity contribution in [1.82, 2.24) is 10.3 Å². The van der Waals surface area contributed by atoms with Gasteiger partial charge in [-0.1, -0.05) is 19.8 Å². The highest BCUT2D eigenvalue weighted by atomic mass is 32.1. The molecule has 1 atom stereocenters. The first-order valence-corrected chi connectivity index (χ1v) is 6.74. The van der Waals surface area contributed by atoms with Gasteiger partial charge < -0.3 is 16.8 Å². The molecule has 6 heteroatoms. The molecular formula is C11H20N4OS. The number of carbonyl (C=O) groups is 1. The standard InChI is InChI=1S/C11H20N4OS/c1-2-3-4-8(5-12)14-11(16)9-7-17-10(6-13)15-9/h7-8H,2-6,12-13H2,1H3,(H,14,16). The van der Waals surface area contributed by atoms with Crippen LogP contribution < -0.4 is 16.8 Å². The van der Waals surface area contributed by atoms with E-state index in [9.17, 15) is 4.79 Å². The summed E-state index contributed by atoms with van der Waals surface area (Å²) in [5.74, 6) is -0.160. The van der Waals surface area contributed by atoms with Crippen LogP contribution in [0.3, 0.4) is 0 Å². The number of hydrogen-bond acceptors (Lipinski definition) is 5. The van der Waals surface area contributed by atoms with Gasteiger partial charge in [-0.2, -0.15) is 0 Å². The van der Waals surface area contributed by atoms with Crippen molar-refractivity contribution in [2.45, 2.75) is 38.8 Å². The number of amides is 1. The van der Waals surface area contributed by atoms with Gasteiger partial charge in [-0.3, -0.25) is 4.79 Å². The minimum absolute atomic E-state index is 0.0328. The topological polar surface area (TPSA) is 94.0 Å². The number of thiazole rings is 1. The first kappa shape index (κ1) is 14.1. The Bertz CT molecular complexity index is 353. The van der Waals surface area contributed by atoms with Crippen LogP contribution in [0.5, 0.6) is 0 Å². The number of aromatic nitrogens is 1. The van der Waals surface area contributed by atoms with Crippen LogP contribution in [0, 0.1) is 0 Å². The first-order valence-electron chi connectivity index (χ1n) is 5.86. The Labute approximate surface area is 106 Å². The van der Waals surface area contributed by atoms with Crippen LogP contribution in [0.25, 0.3) is 0 Å². The normalized spacial score (nSPS) is 12.4. The summed E-state index contributed by atoms with van der Waals surface area (Å²) in [5, 5.41) is 5.39. The lowest BCUT2D eigenvalue weighted by molar-refractivity contribution is 0.0931. The van der Waals surface area contributed by atoms with Gasteiger partial charge in [-0.25, -0.2) is 4.98 Å². The van der Waals surface area contributed by atoms with E-state index in [2.05, 4.69) is 17.2 Å². The Morgan fingerprint density at radius 2 is 2.35 bits per heavy atom. The number of nitrogens with zero attached hydrogens (tertiary/aromatic N) is 1. The third kappa shape index (κ3) is 4.41. The number of nitrogens with one attached hydrogen (secondary N) is 1. The van der Waals surface area contributed by atoms with Crippen molar-refractivity contribution in [3.8, 4) is 0 Å². The maximum atomic E-state index is 11.8. The molecule has 1 aromatic rings. The number of rotatable bonds is 7. The van der Waals surface area contributed by atoms with Gasteiger partial charge in [0.05, 0.1) is 0 Å². The Hall–Kier alpha value is -0.980. The second kappa shape index (κ2) is 7.37. The highest BCUT2D eigenvalue weighted by molar-refractivity contribution is 7.09. The first-order chi connectivity index (χ1) is 8.21. The van der Waals surface area contributed by atoms with E-state index in [-0.39, 0.29) is 11.9 Å². The number of hydrogen-bond donors (Lipinski definition) is 3. The van der Waals surface area contributed by atoms with Crippen molar-refractivity contribution in [3.63, 3.8) is 0 Å². The summed E-state index contributed by atoms with van der Waals surface area (Å²) >= 11 is 1.40. The highest BCUT2D eigenvalue weighted by Crippen LogP contribution is 2.09. The molecule has 17 heavy (non-hydrogen) atoms. The molecule has 0 saturated heterocycles. The molecule has 0 spiro atoms. The molecular weight excluding hydrogens is 236 g/mol. The van der Waals surface area contributed by atoms with Gasteiger partial charge in [0, 0.05) is 24.5 Å². The van der Waals surface area contributed by atoms with Gasteiger partial charge >= 0.3 is 0 Å². The zero-order chi connectivity index (χ0) is 12.7. The number of nitrogens with two attached hydrogens (primary N) is 2. The second-order valence-electron chi connectivity index (χ2n) is 3.88. The minimum Gasteiger partial charge on any atom is -0.347 e. The van der Waals surface area contributed by atoms with E-state index in [1.165, 1.54) is 11.3 Å². The fraction of sp³-hybridized carbons (Fsp3) is 0.636. The lowest BCUT2D eigenvalue weighted by atomic mass is 10.1. The van der Waals surface area contributed by atoms with Crippen LogP contribution >= 0.6 is 11.3 Å². The summed E-state index contributed by atoms with van der Waals surface area (Å²) in [6.45, 7) is 2.94.